The monoisotopic (exact) mass is 264 g/mol. The second kappa shape index (κ2) is 7.53. The van der Waals surface area contributed by atoms with Crippen LogP contribution in [-0.4, -0.2) is 36.6 Å². The van der Waals surface area contributed by atoms with E-state index in [1.165, 1.54) is 0 Å². The van der Waals surface area contributed by atoms with Crippen LogP contribution in [0.5, 0.6) is 0 Å². The van der Waals surface area contributed by atoms with Gasteiger partial charge in [-0.25, -0.2) is 0 Å². The second-order valence-electron chi connectivity index (χ2n) is 4.27. The summed E-state index contributed by atoms with van der Waals surface area (Å²) in [5.74, 6) is -0.467. The first-order valence-electron chi connectivity index (χ1n) is 6.36. The Labute approximate surface area is 113 Å². The molecule has 2 amide bonds. The Balaban J connectivity index is 2.59. The van der Waals surface area contributed by atoms with E-state index in [1.54, 1.807) is 31.3 Å². The molecular weight excluding hydrogens is 244 g/mol. The van der Waals surface area contributed by atoms with Gasteiger partial charge in [0.25, 0.3) is 11.8 Å². The maximum atomic E-state index is 11.9. The Morgan fingerprint density at radius 3 is 2.47 bits per heavy atom. The molecule has 1 rings (SSSR count). The first-order valence-corrected chi connectivity index (χ1v) is 6.36. The fourth-order valence-electron chi connectivity index (χ4n) is 1.60. The van der Waals surface area contributed by atoms with Crippen LogP contribution in [0.1, 0.15) is 40.5 Å². The van der Waals surface area contributed by atoms with Gasteiger partial charge in [0.15, 0.2) is 0 Å². The summed E-state index contributed by atoms with van der Waals surface area (Å²) in [4.78, 5) is 23.3. The highest BCUT2D eigenvalue weighted by atomic mass is 16.3. The number of carbonyl (C=O) groups excluding carboxylic acids is 2. The van der Waals surface area contributed by atoms with Crippen molar-refractivity contribution in [3.63, 3.8) is 0 Å². The van der Waals surface area contributed by atoms with Crippen molar-refractivity contribution in [2.45, 2.75) is 25.9 Å². The van der Waals surface area contributed by atoms with Crippen molar-refractivity contribution in [1.29, 1.82) is 0 Å². The van der Waals surface area contributed by atoms with E-state index in [9.17, 15) is 14.7 Å². The molecule has 0 aliphatic rings. The van der Waals surface area contributed by atoms with Gasteiger partial charge in [0.2, 0.25) is 0 Å². The van der Waals surface area contributed by atoms with E-state index < -0.39 is 6.10 Å². The van der Waals surface area contributed by atoms with E-state index in [-0.39, 0.29) is 11.8 Å². The average Bonchev–Trinajstić information content (AvgIpc) is 2.46. The molecule has 5 nitrogen and oxygen atoms in total. The standard InChI is InChI=1S/C14H20N2O3/c1-3-12(17)7-8-16-14(19)11-6-4-5-10(9-11)13(18)15-2/h4-6,9,12,17H,3,7-8H2,1-2H3,(H,15,18)(H,16,19). The second-order valence-corrected chi connectivity index (χ2v) is 4.27. The van der Waals surface area contributed by atoms with E-state index >= 15 is 0 Å². The third-order valence-corrected chi connectivity index (χ3v) is 2.85. The number of hydrogen-bond acceptors (Lipinski definition) is 3. The van der Waals surface area contributed by atoms with Gasteiger partial charge in [-0.15, -0.1) is 0 Å². The van der Waals surface area contributed by atoms with Gasteiger partial charge in [-0.2, -0.15) is 0 Å². The highest BCUT2D eigenvalue weighted by Gasteiger charge is 2.09. The lowest BCUT2D eigenvalue weighted by atomic mass is 10.1. The highest BCUT2D eigenvalue weighted by Crippen LogP contribution is 2.05. The third-order valence-electron chi connectivity index (χ3n) is 2.85. The lowest BCUT2D eigenvalue weighted by molar-refractivity contribution is 0.0942. The summed E-state index contributed by atoms with van der Waals surface area (Å²) in [5.41, 5.74) is 0.885. The van der Waals surface area contributed by atoms with Crippen LogP contribution in [0.4, 0.5) is 0 Å². The molecule has 0 aliphatic heterocycles. The number of hydrogen-bond donors (Lipinski definition) is 3. The quantitative estimate of drug-likeness (QED) is 0.715. The molecule has 0 radical (unpaired) electrons. The van der Waals surface area contributed by atoms with Crippen LogP contribution in [0.2, 0.25) is 0 Å². The predicted molar refractivity (Wildman–Crippen MR) is 73.1 cm³/mol. The molecule has 0 saturated heterocycles. The number of aliphatic hydroxyl groups excluding tert-OH is 1. The van der Waals surface area contributed by atoms with Crippen molar-refractivity contribution >= 4 is 11.8 Å². The summed E-state index contributed by atoms with van der Waals surface area (Å²) in [6.07, 6.45) is 0.803. The molecule has 5 heteroatoms. The zero-order valence-electron chi connectivity index (χ0n) is 11.3. The van der Waals surface area contributed by atoms with Gasteiger partial charge in [-0.1, -0.05) is 13.0 Å². The molecule has 0 fully saturated rings. The van der Waals surface area contributed by atoms with E-state index in [0.29, 0.717) is 30.5 Å². The zero-order valence-corrected chi connectivity index (χ0v) is 11.3. The molecule has 0 aliphatic carbocycles. The topological polar surface area (TPSA) is 78.4 Å². The molecule has 1 aromatic rings. The smallest absolute Gasteiger partial charge is 0.251 e. The van der Waals surface area contributed by atoms with Crippen molar-refractivity contribution < 1.29 is 14.7 Å². The van der Waals surface area contributed by atoms with Crippen LogP contribution in [-0.2, 0) is 0 Å². The first kappa shape index (κ1) is 15.2. The summed E-state index contributed by atoms with van der Waals surface area (Å²) in [6.45, 7) is 2.30. The molecule has 0 bridgehead atoms. The number of benzene rings is 1. The largest absolute Gasteiger partial charge is 0.393 e. The minimum absolute atomic E-state index is 0.226. The van der Waals surface area contributed by atoms with Gasteiger partial charge in [-0.05, 0) is 31.0 Å². The van der Waals surface area contributed by atoms with E-state index in [4.69, 9.17) is 0 Å². The molecule has 1 atom stereocenters. The van der Waals surface area contributed by atoms with Crippen molar-refractivity contribution in [3.05, 3.63) is 35.4 Å². The fourth-order valence-corrected chi connectivity index (χ4v) is 1.60. The lowest BCUT2D eigenvalue weighted by Gasteiger charge is -2.09. The first-order chi connectivity index (χ1) is 9.08. The van der Waals surface area contributed by atoms with Crippen molar-refractivity contribution in [3.8, 4) is 0 Å². The SMILES string of the molecule is CCC(O)CCNC(=O)c1cccc(C(=O)NC)c1. The molecule has 0 saturated carbocycles. The molecule has 1 aromatic carbocycles. The van der Waals surface area contributed by atoms with Crippen LogP contribution >= 0.6 is 0 Å². The summed E-state index contributed by atoms with van der Waals surface area (Å²) >= 11 is 0. The number of rotatable bonds is 6. The lowest BCUT2D eigenvalue weighted by Crippen LogP contribution is -2.27. The Morgan fingerprint density at radius 2 is 1.89 bits per heavy atom. The number of aliphatic hydroxyl groups is 1. The Hall–Kier alpha value is -1.88. The molecule has 19 heavy (non-hydrogen) atoms. The van der Waals surface area contributed by atoms with Gasteiger partial charge in [0, 0.05) is 24.7 Å². The van der Waals surface area contributed by atoms with Crippen LogP contribution in [0.15, 0.2) is 24.3 Å². The molecule has 0 aromatic heterocycles. The minimum Gasteiger partial charge on any atom is -0.393 e. The van der Waals surface area contributed by atoms with E-state index in [2.05, 4.69) is 10.6 Å². The Morgan fingerprint density at radius 1 is 1.26 bits per heavy atom. The number of nitrogens with one attached hydrogen (secondary N) is 2. The zero-order chi connectivity index (χ0) is 14.3. The van der Waals surface area contributed by atoms with Gasteiger partial charge in [0.1, 0.15) is 0 Å². The van der Waals surface area contributed by atoms with Crippen molar-refractivity contribution in [2.75, 3.05) is 13.6 Å². The van der Waals surface area contributed by atoms with Gasteiger partial charge in [-0.3, -0.25) is 9.59 Å². The fraction of sp³-hybridized carbons (Fsp3) is 0.429. The highest BCUT2D eigenvalue weighted by molar-refractivity contribution is 5.99. The molecule has 3 N–H and O–H groups in total. The molecule has 0 heterocycles. The minimum atomic E-state index is -0.391. The molecule has 1 unspecified atom stereocenters. The average molecular weight is 264 g/mol. The summed E-state index contributed by atoms with van der Waals surface area (Å²) in [6, 6.07) is 6.51. The Bertz CT molecular complexity index is 446. The number of amides is 2. The van der Waals surface area contributed by atoms with Crippen LogP contribution < -0.4 is 10.6 Å². The molecule has 104 valence electrons. The number of carbonyl (C=O) groups is 2. The van der Waals surface area contributed by atoms with Gasteiger partial charge in [0.05, 0.1) is 6.10 Å². The van der Waals surface area contributed by atoms with E-state index in [0.717, 1.165) is 0 Å². The summed E-state index contributed by atoms with van der Waals surface area (Å²) in [7, 11) is 1.54. The van der Waals surface area contributed by atoms with Gasteiger partial charge < -0.3 is 15.7 Å². The van der Waals surface area contributed by atoms with Crippen LogP contribution in [0, 0.1) is 0 Å². The normalized spacial score (nSPS) is 11.7. The predicted octanol–water partition coefficient (Wildman–Crippen LogP) is 0.937. The van der Waals surface area contributed by atoms with Crippen molar-refractivity contribution in [1.82, 2.24) is 10.6 Å². The van der Waals surface area contributed by atoms with Crippen LogP contribution in [0.3, 0.4) is 0 Å². The van der Waals surface area contributed by atoms with Crippen LogP contribution in [0.25, 0.3) is 0 Å². The van der Waals surface area contributed by atoms with Gasteiger partial charge >= 0.3 is 0 Å². The Kier molecular flexibility index (Phi) is 6.02. The maximum absolute atomic E-state index is 11.9. The molecular formula is C14H20N2O3. The molecule has 0 spiro atoms. The van der Waals surface area contributed by atoms with Crippen molar-refractivity contribution in [2.24, 2.45) is 0 Å². The summed E-state index contributed by atoms with van der Waals surface area (Å²) in [5, 5.41) is 14.6. The third kappa shape index (κ3) is 4.71. The maximum Gasteiger partial charge on any atom is 0.251 e. The van der Waals surface area contributed by atoms with E-state index in [1.807, 2.05) is 6.92 Å². The summed E-state index contributed by atoms with van der Waals surface area (Å²) < 4.78 is 0.